The van der Waals surface area contributed by atoms with E-state index in [1.807, 2.05) is 12.1 Å². The molecule has 0 radical (unpaired) electrons. The van der Waals surface area contributed by atoms with Gasteiger partial charge in [-0.2, -0.15) is 0 Å². The van der Waals surface area contributed by atoms with Crippen LogP contribution in [0.1, 0.15) is 29.6 Å². The Morgan fingerprint density at radius 1 is 1.30 bits per heavy atom. The van der Waals surface area contributed by atoms with Gasteiger partial charge in [-0.05, 0) is 46.7 Å². The number of fused-ring (bicyclic) bond motifs is 1. The number of benzene rings is 1. The van der Waals surface area contributed by atoms with Gasteiger partial charge in [-0.1, -0.05) is 27.1 Å². The Labute approximate surface area is 139 Å². The van der Waals surface area contributed by atoms with Crippen molar-refractivity contribution in [2.75, 3.05) is 5.32 Å². The van der Waals surface area contributed by atoms with Gasteiger partial charge in [0.1, 0.15) is 5.82 Å². The molecule has 8 heteroatoms. The van der Waals surface area contributed by atoms with Crippen LogP contribution < -0.4 is 5.32 Å². The zero-order chi connectivity index (χ0) is 15.8. The molecule has 2 unspecified atom stereocenters. The van der Waals surface area contributed by atoms with Crippen LogP contribution in [-0.4, -0.2) is 25.2 Å². The summed E-state index contributed by atoms with van der Waals surface area (Å²) in [6, 6.07) is 8.44. The van der Waals surface area contributed by atoms with E-state index in [2.05, 4.69) is 41.8 Å². The van der Waals surface area contributed by atoms with E-state index in [4.69, 9.17) is 0 Å². The minimum Gasteiger partial charge on any atom is -0.346 e. The van der Waals surface area contributed by atoms with Gasteiger partial charge in [0.2, 0.25) is 5.95 Å². The van der Waals surface area contributed by atoms with Gasteiger partial charge in [0.15, 0.2) is 0 Å². The number of nitrogens with zero attached hydrogens (tertiary/aromatic N) is 5. The molecule has 0 aliphatic carbocycles. The van der Waals surface area contributed by atoms with E-state index in [0.29, 0.717) is 17.9 Å². The molecule has 2 atom stereocenters. The zero-order valence-electron chi connectivity index (χ0n) is 11.9. The third kappa shape index (κ3) is 2.59. The van der Waals surface area contributed by atoms with Crippen molar-refractivity contribution < 1.29 is 4.39 Å². The summed E-state index contributed by atoms with van der Waals surface area (Å²) in [5.74, 6) is 0.251. The molecular formula is C15H12BrFN6. The third-order valence-electron chi connectivity index (χ3n) is 3.95. The summed E-state index contributed by atoms with van der Waals surface area (Å²) in [6.07, 6.45) is 4.14. The number of anilines is 1. The molecule has 116 valence electrons. The molecule has 0 fully saturated rings. The van der Waals surface area contributed by atoms with Gasteiger partial charge in [0.25, 0.3) is 0 Å². The Bertz CT molecular complexity index is 837. The Kier molecular flexibility index (Phi) is 3.53. The van der Waals surface area contributed by atoms with Crippen molar-refractivity contribution in [1.29, 1.82) is 0 Å². The van der Waals surface area contributed by atoms with Gasteiger partial charge < -0.3 is 5.32 Å². The van der Waals surface area contributed by atoms with Crippen molar-refractivity contribution in [3.05, 3.63) is 64.1 Å². The SMILES string of the molecule is Fc1ccc(Br)cc1C1CC(c2cccnc2)Nc2nnnn21. The second-order valence-corrected chi connectivity index (χ2v) is 6.26. The van der Waals surface area contributed by atoms with Gasteiger partial charge in [0.05, 0.1) is 12.1 Å². The van der Waals surface area contributed by atoms with Crippen LogP contribution in [0, 0.1) is 5.82 Å². The fourth-order valence-electron chi connectivity index (χ4n) is 2.87. The first-order valence-corrected chi connectivity index (χ1v) is 7.91. The lowest BCUT2D eigenvalue weighted by Crippen LogP contribution is -2.28. The molecule has 6 nitrogen and oxygen atoms in total. The minimum absolute atomic E-state index is 0.0365. The van der Waals surface area contributed by atoms with E-state index in [0.717, 1.165) is 10.0 Å². The quantitative estimate of drug-likeness (QED) is 0.746. The molecule has 4 rings (SSSR count). The number of hydrogen-bond acceptors (Lipinski definition) is 5. The Hall–Kier alpha value is -2.35. The average molecular weight is 375 g/mol. The molecule has 0 saturated carbocycles. The van der Waals surface area contributed by atoms with Crippen molar-refractivity contribution in [3.63, 3.8) is 0 Å². The second kappa shape index (κ2) is 5.69. The summed E-state index contributed by atoms with van der Waals surface area (Å²) >= 11 is 3.40. The Morgan fingerprint density at radius 2 is 2.22 bits per heavy atom. The molecule has 0 amide bonds. The van der Waals surface area contributed by atoms with Gasteiger partial charge in [-0.25, -0.2) is 9.07 Å². The zero-order valence-corrected chi connectivity index (χ0v) is 13.5. The number of aromatic nitrogens is 5. The van der Waals surface area contributed by atoms with Crippen LogP contribution in [0.4, 0.5) is 10.3 Å². The summed E-state index contributed by atoms with van der Waals surface area (Å²) < 4.78 is 16.8. The highest BCUT2D eigenvalue weighted by molar-refractivity contribution is 9.10. The van der Waals surface area contributed by atoms with E-state index < -0.39 is 0 Å². The average Bonchev–Trinajstić information content (AvgIpc) is 3.05. The highest BCUT2D eigenvalue weighted by Crippen LogP contribution is 2.38. The fourth-order valence-corrected chi connectivity index (χ4v) is 3.25. The summed E-state index contributed by atoms with van der Waals surface area (Å²) in [4.78, 5) is 4.15. The van der Waals surface area contributed by atoms with Crippen LogP contribution in [0.25, 0.3) is 0 Å². The highest BCUT2D eigenvalue weighted by atomic mass is 79.9. The topological polar surface area (TPSA) is 68.5 Å². The Balaban J connectivity index is 1.78. The van der Waals surface area contributed by atoms with Crippen molar-refractivity contribution in [1.82, 2.24) is 25.2 Å². The molecule has 23 heavy (non-hydrogen) atoms. The predicted molar refractivity (Wildman–Crippen MR) is 85.3 cm³/mol. The molecule has 1 N–H and O–H groups in total. The smallest absolute Gasteiger partial charge is 0.243 e. The van der Waals surface area contributed by atoms with Crippen LogP contribution >= 0.6 is 15.9 Å². The van der Waals surface area contributed by atoms with Crippen molar-refractivity contribution in [3.8, 4) is 0 Å². The number of rotatable bonds is 2. The van der Waals surface area contributed by atoms with E-state index >= 15 is 0 Å². The first kappa shape index (κ1) is 14.3. The van der Waals surface area contributed by atoms with Crippen LogP contribution in [-0.2, 0) is 0 Å². The minimum atomic E-state index is -0.288. The first-order valence-electron chi connectivity index (χ1n) is 7.11. The number of nitrogens with one attached hydrogen (secondary N) is 1. The molecule has 0 spiro atoms. The number of hydrogen-bond donors (Lipinski definition) is 1. The first-order chi connectivity index (χ1) is 11.2. The molecular weight excluding hydrogens is 363 g/mol. The summed E-state index contributed by atoms with van der Waals surface area (Å²) in [7, 11) is 0. The standard InChI is InChI=1S/C15H12BrFN6/c16-10-3-4-12(17)11(6-10)14-7-13(9-2-1-5-18-8-9)19-15-20-21-22-23(14)15/h1-6,8,13-14H,7H2,(H,19,20,22). The second-order valence-electron chi connectivity index (χ2n) is 5.35. The summed E-state index contributed by atoms with van der Waals surface area (Å²) in [5.41, 5.74) is 1.57. The molecule has 1 aromatic carbocycles. The van der Waals surface area contributed by atoms with Crippen LogP contribution in [0.5, 0.6) is 0 Å². The highest BCUT2D eigenvalue weighted by Gasteiger charge is 2.32. The molecule has 2 aromatic heterocycles. The number of halogens is 2. The van der Waals surface area contributed by atoms with Gasteiger partial charge in [-0.15, -0.1) is 0 Å². The third-order valence-corrected chi connectivity index (χ3v) is 4.45. The molecule has 3 heterocycles. The largest absolute Gasteiger partial charge is 0.346 e. The lowest BCUT2D eigenvalue weighted by Gasteiger charge is -2.31. The summed E-state index contributed by atoms with van der Waals surface area (Å²) in [5, 5.41) is 15.0. The van der Waals surface area contributed by atoms with E-state index in [1.54, 1.807) is 29.2 Å². The maximum absolute atomic E-state index is 14.3. The number of pyridine rings is 1. The van der Waals surface area contributed by atoms with Crippen molar-refractivity contribution in [2.45, 2.75) is 18.5 Å². The normalized spacial score (nSPS) is 19.9. The fraction of sp³-hybridized carbons (Fsp3) is 0.200. The maximum Gasteiger partial charge on any atom is 0.243 e. The monoisotopic (exact) mass is 374 g/mol. The van der Waals surface area contributed by atoms with Crippen LogP contribution in [0.3, 0.4) is 0 Å². The van der Waals surface area contributed by atoms with Crippen molar-refractivity contribution >= 4 is 21.9 Å². The lowest BCUT2D eigenvalue weighted by atomic mass is 9.94. The van der Waals surface area contributed by atoms with E-state index in [9.17, 15) is 4.39 Å². The molecule has 1 aliphatic heterocycles. The predicted octanol–water partition coefficient (Wildman–Crippen LogP) is 3.12. The van der Waals surface area contributed by atoms with E-state index in [-0.39, 0.29) is 17.9 Å². The summed E-state index contributed by atoms with van der Waals surface area (Å²) in [6.45, 7) is 0. The molecule has 1 aliphatic rings. The van der Waals surface area contributed by atoms with Gasteiger partial charge >= 0.3 is 0 Å². The van der Waals surface area contributed by atoms with Gasteiger partial charge in [0, 0.05) is 22.4 Å². The lowest BCUT2D eigenvalue weighted by molar-refractivity contribution is 0.409. The van der Waals surface area contributed by atoms with Crippen molar-refractivity contribution in [2.24, 2.45) is 0 Å². The van der Waals surface area contributed by atoms with Crippen LogP contribution in [0.2, 0.25) is 0 Å². The molecule has 0 saturated heterocycles. The molecule has 0 bridgehead atoms. The number of tetrazole rings is 1. The Morgan fingerprint density at radius 3 is 3.04 bits per heavy atom. The maximum atomic E-state index is 14.3. The molecule has 3 aromatic rings. The van der Waals surface area contributed by atoms with E-state index in [1.165, 1.54) is 6.07 Å². The van der Waals surface area contributed by atoms with Gasteiger partial charge in [-0.3, -0.25) is 4.98 Å². The van der Waals surface area contributed by atoms with Crippen LogP contribution in [0.15, 0.2) is 47.2 Å².